The number of alkyl halides is 1. The van der Waals surface area contributed by atoms with Crippen molar-refractivity contribution in [2.45, 2.75) is 10.3 Å². The molecule has 0 nitrogen and oxygen atoms in total. The highest BCUT2D eigenvalue weighted by Gasteiger charge is 2.08. The molecule has 0 fully saturated rings. The van der Waals surface area contributed by atoms with Gasteiger partial charge in [0.1, 0.15) is 0 Å². The summed E-state index contributed by atoms with van der Waals surface area (Å²) in [6, 6.07) is 8.61. The van der Waals surface area contributed by atoms with E-state index in [1.54, 1.807) is 0 Å². The molecule has 1 atom stereocenters. The van der Waals surface area contributed by atoms with Gasteiger partial charge in [-0.3, -0.25) is 0 Å². The van der Waals surface area contributed by atoms with E-state index in [1.165, 1.54) is 11.1 Å². The van der Waals surface area contributed by atoms with Gasteiger partial charge in [-0.05, 0) is 17.5 Å². The molecular formula is C14H13I. The number of hydrogen-bond donors (Lipinski definition) is 0. The number of rotatable bonds is 0. The Morgan fingerprint density at radius 3 is 2.73 bits per heavy atom. The molecule has 0 spiro atoms. The van der Waals surface area contributed by atoms with Crippen molar-refractivity contribution in [2.75, 3.05) is 0 Å². The molecule has 1 aromatic carbocycles. The predicted molar refractivity (Wildman–Crippen MR) is 75.1 cm³/mol. The molecule has 1 aromatic rings. The molecule has 0 saturated carbocycles. The van der Waals surface area contributed by atoms with Crippen molar-refractivity contribution in [2.24, 2.45) is 0 Å². The lowest BCUT2D eigenvalue weighted by Crippen LogP contribution is -1.92. The summed E-state index contributed by atoms with van der Waals surface area (Å²) in [6.07, 6.45) is 13.9. The van der Waals surface area contributed by atoms with Crippen LogP contribution in [0.15, 0.2) is 54.6 Å². The largest absolute Gasteiger partial charge is 0.0832 e. The van der Waals surface area contributed by atoms with Crippen molar-refractivity contribution in [3.63, 3.8) is 0 Å². The van der Waals surface area contributed by atoms with Gasteiger partial charge in [-0.2, -0.15) is 0 Å². The molecule has 1 heteroatoms. The SMILES string of the molecule is IC1C\C=C/C=C\C=C\c2ccccc21. The molecule has 1 aliphatic carbocycles. The summed E-state index contributed by atoms with van der Waals surface area (Å²) in [5, 5.41) is 0. The zero-order chi connectivity index (χ0) is 10.5. The first-order valence-electron chi connectivity index (χ1n) is 5.11. The van der Waals surface area contributed by atoms with Crippen LogP contribution in [0.4, 0.5) is 0 Å². The van der Waals surface area contributed by atoms with Gasteiger partial charge in [0.25, 0.3) is 0 Å². The summed E-state index contributed by atoms with van der Waals surface area (Å²) in [5.74, 6) is 0. The quantitative estimate of drug-likeness (QED) is 0.482. The Balaban J connectivity index is 2.43. The molecule has 0 N–H and O–H groups in total. The number of benzene rings is 1. The number of allylic oxidation sites excluding steroid dienone is 5. The standard InChI is InChI=1S/C14H13I/c15-14-11-5-3-1-2-4-8-12-9-6-7-10-13(12)14/h1-10,14H,11H2/b2-1-,5-3-,8-4+. The lowest BCUT2D eigenvalue weighted by molar-refractivity contribution is 1.00. The Hall–Kier alpha value is -0.830. The molecule has 0 saturated heterocycles. The van der Waals surface area contributed by atoms with Crippen LogP contribution in [0.2, 0.25) is 0 Å². The Morgan fingerprint density at radius 1 is 1.00 bits per heavy atom. The van der Waals surface area contributed by atoms with Gasteiger partial charge in [-0.25, -0.2) is 0 Å². The Morgan fingerprint density at radius 2 is 1.80 bits per heavy atom. The third-order valence-electron chi connectivity index (χ3n) is 2.42. The molecule has 0 aliphatic heterocycles. The van der Waals surface area contributed by atoms with Crippen LogP contribution in [0, 0.1) is 0 Å². The Bertz CT molecular complexity index is 413. The van der Waals surface area contributed by atoms with Crippen LogP contribution in [0.1, 0.15) is 21.5 Å². The van der Waals surface area contributed by atoms with Gasteiger partial charge >= 0.3 is 0 Å². The van der Waals surface area contributed by atoms with Crippen molar-refractivity contribution in [3.05, 3.63) is 65.8 Å². The van der Waals surface area contributed by atoms with E-state index in [2.05, 4.69) is 83.3 Å². The normalized spacial score (nSPS) is 26.3. The number of halogens is 1. The molecule has 2 rings (SSSR count). The summed E-state index contributed by atoms with van der Waals surface area (Å²) >= 11 is 2.51. The third kappa shape index (κ3) is 2.81. The molecule has 0 bridgehead atoms. The topological polar surface area (TPSA) is 0 Å². The monoisotopic (exact) mass is 308 g/mol. The summed E-state index contributed by atoms with van der Waals surface area (Å²) < 4.78 is 0.561. The van der Waals surface area contributed by atoms with E-state index < -0.39 is 0 Å². The van der Waals surface area contributed by atoms with Gasteiger partial charge < -0.3 is 0 Å². The van der Waals surface area contributed by atoms with E-state index in [1.807, 2.05) is 0 Å². The minimum Gasteiger partial charge on any atom is -0.0832 e. The van der Waals surface area contributed by atoms with Gasteiger partial charge in [0.2, 0.25) is 0 Å². The van der Waals surface area contributed by atoms with Crippen molar-refractivity contribution >= 4 is 28.7 Å². The van der Waals surface area contributed by atoms with Crippen LogP contribution in [0.5, 0.6) is 0 Å². The van der Waals surface area contributed by atoms with Gasteiger partial charge in [-0.15, -0.1) is 0 Å². The van der Waals surface area contributed by atoms with Crippen molar-refractivity contribution < 1.29 is 0 Å². The molecule has 1 unspecified atom stereocenters. The second kappa shape index (κ2) is 5.31. The second-order valence-electron chi connectivity index (χ2n) is 3.50. The lowest BCUT2D eigenvalue weighted by atomic mass is 10.0. The fraction of sp³-hybridized carbons (Fsp3) is 0.143. The maximum absolute atomic E-state index is 2.51. The lowest BCUT2D eigenvalue weighted by Gasteiger charge is -2.11. The first-order chi connectivity index (χ1) is 7.38. The maximum atomic E-state index is 2.51. The zero-order valence-corrected chi connectivity index (χ0v) is 10.6. The average Bonchev–Trinajstić information content (AvgIpc) is 2.28. The maximum Gasteiger partial charge on any atom is 0.0400 e. The molecular weight excluding hydrogens is 295 g/mol. The van der Waals surface area contributed by atoms with Crippen molar-refractivity contribution in [1.29, 1.82) is 0 Å². The highest BCUT2D eigenvalue weighted by molar-refractivity contribution is 14.1. The van der Waals surface area contributed by atoms with E-state index >= 15 is 0 Å². The van der Waals surface area contributed by atoms with Crippen molar-refractivity contribution in [3.8, 4) is 0 Å². The highest BCUT2D eigenvalue weighted by atomic mass is 127. The molecule has 15 heavy (non-hydrogen) atoms. The molecule has 0 aromatic heterocycles. The fourth-order valence-electron chi connectivity index (χ4n) is 1.64. The van der Waals surface area contributed by atoms with E-state index in [-0.39, 0.29) is 0 Å². The minimum absolute atomic E-state index is 0.561. The van der Waals surface area contributed by atoms with Gasteiger partial charge in [0, 0.05) is 3.92 Å². The highest BCUT2D eigenvalue weighted by Crippen LogP contribution is 2.31. The smallest absolute Gasteiger partial charge is 0.0400 e. The fourth-order valence-corrected chi connectivity index (χ4v) is 2.50. The van der Waals surface area contributed by atoms with Crippen LogP contribution in [0.25, 0.3) is 6.08 Å². The van der Waals surface area contributed by atoms with Crippen LogP contribution < -0.4 is 0 Å². The molecule has 1 aliphatic rings. The summed E-state index contributed by atoms with van der Waals surface area (Å²) in [7, 11) is 0. The summed E-state index contributed by atoms with van der Waals surface area (Å²) in [6.45, 7) is 0. The van der Waals surface area contributed by atoms with Crippen LogP contribution in [-0.4, -0.2) is 0 Å². The van der Waals surface area contributed by atoms with E-state index in [0.29, 0.717) is 3.92 Å². The third-order valence-corrected chi connectivity index (χ3v) is 3.60. The van der Waals surface area contributed by atoms with Gasteiger partial charge in [0.15, 0.2) is 0 Å². The Kier molecular flexibility index (Phi) is 3.78. The second-order valence-corrected chi connectivity index (χ2v) is 5.01. The molecule has 0 amide bonds. The molecule has 76 valence electrons. The van der Waals surface area contributed by atoms with Crippen LogP contribution >= 0.6 is 22.6 Å². The zero-order valence-electron chi connectivity index (χ0n) is 8.44. The average molecular weight is 308 g/mol. The van der Waals surface area contributed by atoms with E-state index in [9.17, 15) is 0 Å². The number of hydrogen-bond acceptors (Lipinski definition) is 0. The van der Waals surface area contributed by atoms with Gasteiger partial charge in [-0.1, -0.05) is 83.3 Å². The van der Waals surface area contributed by atoms with Crippen LogP contribution in [-0.2, 0) is 0 Å². The minimum atomic E-state index is 0.561. The summed E-state index contributed by atoms with van der Waals surface area (Å²) in [5.41, 5.74) is 2.76. The van der Waals surface area contributed by atoms with E-state index in [0.717, 1.165) is 6.42 Å². The van der Waals surface area contributed by atoms with Crippen LogP contribution in [0.3, 0.4) is 0 Å². The van der Waals surface area contributed by atoms with E-state index in [4.69, 9.17) is 0 Å². The van der Waals surface area contributed by atoms with Gasteiger partial charge in [0.05, 0.1) is 0 Å². The summed E-state index contributed by atoms with van der Waals surface area (Å²) in [4.78, 5) is 0. The first kappa shape index (κ1) is 10.7. The molecule has 0 heterocycles. The molecule has 0 radical (unpaired) electrons. The number of fused-ring (bicyclic) bond motifs is 1. The van der Waals surface area contributed by atoms with Crippen molar-refractivity contribution in [1.82, 2.24) is 0 Å². The first-order valence-corrected chi connectivity index (χ1v) is 6.35. The Labute approximate surface area is 105 Å². The predicted octanol–water partition coefficient (Wildman–Crippen LogP) is 4.69.